The van der Waals surface area contributed by atoms with Gasteiger partial charge in [-0.05, 0) is 56.7 Å². The summed E-state index contributed by atoms with van der Waals surface area (Å²) in [5.41, 5.74) is 2.33. The second-order valence-electron chi connectivity index (χ2n) is 6.30. The van der Waals surface area contributed by atoms with E-state index in [1.807, 2.05) is 11.9 Å². The Hall–Kier alpha value is -0.580. The van der Waals surface area contributed by atoms with E-state index in [1.165, 1.54) is 16.9 Å². The molecule has 21 heavy (non-hydrogen) atoms. The fourth-order valence-electron chi connectivity index (χ4n) is 3.41. The fourth-order valence-corrected chi connectivity index (χ4v) is 4.64. The maximum absolute atomic E-state index is 12.8. The Morgan fingerprint density at radius 1 is 1.33 bits per heavy atom. The predicted molar refractivity (Wildman–Crippen MR) is 90.7 cm³/mol. The highest BCUT2D eigenvalue weighted by molar-refractivity contribution is 7.10. The Morgan fingerprint density at radius 2 is 2.05 bits per heavy atom. The van der Waals surface area contributed by atoms with Gasteiger partial charge in [0.1, 0.15) is 0 Å². The second-order valence-corrected chi connectivity index (χ2v) is 7.26. The first-order valence-electron chi connectivity index (χ1n) is 7.74. The van der Waals surface area contributed by atoms with Crippen LogP contribution in [-0.4, -0.2) is 37.0 Å². The van der Waals surface area contributed by atoms with Crippen molar-refractivity contribution >= 4 is 29.7 Å². The molecule has 3 nitrogen and oxygen atoms in total. The largest absolute Gasteiger partial charge is 0.339 e. The van der Waals surface area contributed by atoms with Gasteiger partial charge in [-0.25, -0.2) is 0 Å². The number of fused-ring (bicyclic) bond motifs is 1. The molecule has 0 bridgehead atoms. The van der Waals surface area contributed by atoms with Gasteiger partial charge in [-0.15, -0.1) is 23.7 Å². The molecule has 3 rings (SSSR count). The molecule has 1 amide bonds. The summed E-state index contributed by atoms with van der Waals surface area (Å²) in [5, 5.41) is 5.46. The first-order chi connectivity index (χ1) is 9.66. The monoisotopic (exact) mass is 328 g/mol. The molecule has 118 valence electrons. The van der Waals surface area contributed by atoms with Gasteiger partial charge >= 0.3 is 0 Å². The summed E-state index contributed by atoms with van der Waals surface area (Å²) in [7, 11) is 1.98. The zero-order chi connectivity index (χ0) is 14.1. The molecule has 2 aliphatic rings. The minimum absolute atomic E-state index is 0. The summed E-state index contributed by atoms with van der Waals surface area (Å²) in [5.74, 6) is 1.01. The van der Waals surface area contributed by atoms with Gasteiger partial charge < -0.3 is 10.2 Å². The first-order valence-corrected chi connectivity index (χ1v) is 8.62. The van der Waals surface area contributed by atoms with E-state index in [0.717, 1.165) is 50.3 Å². The summed E-state index contributed by atoms with van der Waals surface area (Å²) in [6.07, 6.45) is 5.61. The molecule has 5 heteroatoms. The molecule has 0 aromatic carbocycles. The third kappa shape index (κ3) is 3.43. The molecule has 1 fully saturated rings. The lowest BCUT2D eigenvalue weighted by Crippen LogP contribution is -2.44. The van der Waals surface area contributed by atoms with Crippen molar-refractivity contribution in [2.75, 3.05) is 20.1 Å². The van der Waals surface area contributed by atoms with Gasteiger partial charge in [0.2, 0.25) is 0 Å². The Labute approximate surface area is 137 Å². The summed E-state index contributed by atoms with van der Waals surface area (Å²) in [4.78, 5) is 16.2. The molecule has 1 atom stereocenters. The number of hydrogen-bond donors (Lipinski definition) is 1. The fraction of sp³-hybridized carbons (Fsp3) is 0.688. The average molecular weight is 329 g/mol. The van der Waals surface area contributed by atoms with Crippen LogP contribution in [0.25, 0.3) is 0 Å². The Bertz CT molecular complexity index is 496. The molecule has 0 radical (unpaired) electrons. The van der Waals surface area contributed by atoms with Crippen LogP contribution < -0.4 is 5.32 Å². The standard InChI is InChI=1S/C16H24N2OS.ClH/c1-11-3-4-13-14(10-20-15(13)9-11)16(19)18(2)12-5-7-17-8-6-12;/h10-12,17H,3-9H2,1-2H3;1H. The van der Waals surface area contributed by atoms with Crippen molar-refractivity contribution in [2.45, 2.75) is 45.1 Å². The number of nitrogens with zero attached hydrogens (tertiary/aromatic N) is 1. The molecular formula is C16H25ClN2OS. The molecular weight excluding hydrogens is 304 g/mol. The number of hydrogen-bond acceptors (Lipinski definition) is 3. The van der Waals surface area contributed by atoms with E-state index in [1.54, 1.807) is 11.3 Å². The van der Waals surface area contributed by atoms with Crippen molar-refractivity contribution in [1.29, 1.82) is 0 Å². The number of carbonyl (C=O) groups is 1. The summed E-state index contributed by atoms with van der Waals surface area (Å²) >= 11 is 1.79. The first kappa shape index (κ1) is 16.8. The van der Waals surface area contributed by atoms with Crippen LogP contribution in [0.4, 0.5) is 0 Å². The van der Waals surface area contributed by atoms with Crippen molar-refractivity contribution in [3.63, 3.8) is 0 Å². The van der Waals surface area contributed by atoms with E-state index in [2.05, 4.69) is 17.6 Å². The Kier molecular flexibility index (Phi) is 5.69. The third-order valence-corrected chi connectivity index (χ3v) is 5.86. The van der Waals surface area contributed by atoms with Gasteiger partial charge in [-0.1, -0.05) is 6.92 Å². The van der Waals surface area contributed by atoms with Gasteiger partial charge in [0.15, 0.2) is 0 Å². The van der Waals surface area contributed by atoms with E-state index in [0.29, 0.717) is 6.04 Å². The predicted octanol–water partition coefficient (Wildman–Crippen LogP) is 3.12. The van der Waals surface area contributed by atoms with E-state index < -0.39 is 0 Å². The van der Waals surface area contributed by atoms with Crippen LogP contribution in [0.2, 0.25) is 0 Å². The van der Waals surface area contributed by atoms with Crippen molar-refractivity contribution in [3.05, 3.63) is 21.4 Å². The third-order valence-electron chi connectivity index (χ3n) is 4.81. The smallest absolute Gasteiger partial charge is 0.254 e. The zero-order valence-electron chi connectivity index (χ0n) is 12.9. The summed E-state index contributed by atoms with van der Waals surface area (Å²) < 4.78 is 0. The number of carbonyl (C=O) groups excluding carboxylic acids is 1. The molecule has 1 aromatic heterocycles. The van der Waals surface area contributed by atoms with E-state index >= 15 is 0 Å². The second kappa shape index (κ2) is 7.12. The minimum atomic E-state index is 0. The SMILES string of the molecule is CC1CCc2c(C(=O)N(C)C3CCNCC3)csc2C1.Cl. The highest BCUT2D eigenvalue weighted by Crippen LogP contribution is 2.33. The van der Waals surface area contributed by atoms with Gasteiger partial charge in [0.05, 0.1) is 5.56 Å². The van der Waals surface area contributed by atoms with Crippen molar-refractivity contribution < 1.29 is 4.79 Å². The highest BCUT2D eigenvalue weighted by Gasteiger charge is 2.28. The lowest BCUT2D eigenvalue weighted by molar-refractivity contribution is 0.0702. The van der Waals surface area contributed by atoms with E-state index in [-0.39, 0.29) is 18.3 Å². The Balaban J connectivity index is 0.00000161. The molecule has 1 aromatic rings. The van der Waals surface area contributed by atoms with Crippen LogP contribution in [0.5, 0.6) is 0 Å². The van der Waals surface area contributed by atoms with Crippen LogP contribution >= 0.6 is 23.7 Å². The number of piperidine rings is 1. The van der Waals surface area contributed by atoms with Crippen LogP contribution in [0.1, 0.15) is 47.0 Å². The van der Waals surface area contributed by atoms with Gasteiger partial charge in [0, 0.05) is 23.3 Å². The van der Waals surface area contributed by atoms with Crippen molar-refractivity contribution in [1.82, 2.24) is 10.2 Å². The minimum Gasteiger partial charge on any atom is -0.339 e. The van der Waals surface area contributed by atoms with Crippen LogP contribution in [0.3, 0.4) is 0 Å². The van der Waals surface area contributed by atoms with E-state index in [4.69, 9.17) is 0 Å². The maximum atomic E-state index is 12.8. The van der Waals surface area contributed by atoms with Crippen LogP contribution in [-0.2, 0) is 12.8 Å². The molecule has 2 heterocycles. The normalized spacial score (nSPS) is 22.3. The zero-order valence-corrected chi connectivity index (χ0v) is 14.5. The highest BCUT2D eigenvalue weighted by atomic mass is 35.5. The average Bonchev–Trinajstić information content (AvgIpc) is 2.89. The number of nitrogens with one attached hydrogen (secondary N) is 1. The molecule has 0 spiro atoms. The van der Waals surface area contributed by atoms with Crippen molar-refractivity contribution in [3.8, 4) is 0 Å². The quantitative estimate of drug-likeness (QED) is 0.904. The number of rotatable bonds is 2. The number of halogens is 1. The van der Waals surface area contributed by atoms with Gasteiger partial charge in [-0.3, -0.25) is 4.79 Å². The molecule has 1 aliphatic heterocycles. The van der Waals surface area contributed by atoms with Gasteiger partial charge in [-0.2, -0.15) is 0 Å². The Morgan fingerprint density at radius 3 is 2.76 bits per heavy atom. The molecule has 1 unspecified atom stereocenters. The number of thiophene rings is 1. The lowest BCUT2D eigenvalue weighted by Gasteiger charge is -2.32. The molecule has 1 aliphatic carbocycles. The molecule has 1 saturated heterocycles. The number of amides is 1. The van der Waals surface area contributed by atoms with Crippen LogP contribution in [0, 0.1) is 5.92 Å². The molecule has 1 N–H and O–H groups in total. The summed E-state index contributed by atoms with van der Waals surface area (Å²) in [6, 6.07) is 0.404. The molecule has 0 saturated carbocycles. The topological polar surface area (TPSA) is 32.3 Å². The lowest BCUT2D eigenvalue weighted by atomic mass is 9.88. The van der Waals surface area contributed by atoms with E-state index in [9.17, 15) is 4.79 Å². The van der Waals surface area contributed by atoms with Crippen LogP contribution in [0.15, 0.2) is 5.38 Å². The summed E-state index contributed by atoms with van der Waals surface area (Å²) in [6.45, 7) is 4.37. The van der Waals surface area contributed by atoms with Crippen molar-refractivity contribution in [2.24, 2.45) is 5.92 Å². The van der Waals surface area contributed by atoms with Gasteiger partial charge in [0.25, 0.3) is 5.91 Å². The maximum Gasteiger partial charge on any atom is 0.254 e.